The van der Waals surface area contributed by atoms with Crippen LogP contribution < -0.4 is 10.6 Å². The van der Waals surface area contributed by atoms with Gasteiger partial charge in [0, 0.05) is 25.0 Å². The molecular formula is C24H27ClN4O4S. The minimum atomic E-state index is -3.72. The highest BCUT2D eigenvalue weighted by molar-refractivity contribution is 7.89. The Labute approximate surface area is 205 Å². The van der Waals surface area contributed by atoms with Gasteiger partial charge in [0.25, 0.3) is 5.91 Å². The maximum Gasteiger partial charge on any atom is 0.267 e. The van der Waals surface area contributed by atoms with Gasteiger partial charge in [0.2, 0.25) is 10.0 Å². The van der Waals surface area contributed by atoms with Crippen LogP contribution in [0.1, 0.15) is 25.3 Å². The van der Waals surface area contributed by atoms with E-state index in [1.165, 1.54) is 34.3 Å². The Morgan fingerprint density at radius 2 is 1.91 bits per heavy atom. The number of rotatable bonds is 9. The topological polar surface area (TPSA) is 112 Å². The molecule has 1 amide bonds. The molecule has 34 heavy (non-hydrogen) atoms. The summed E-state index contributed by atoms with van der Waals surface area (Å²) in [7, 11) is -3.72. The number of carbonyl (C=O) groups excluding carboxylic acids is 1. The molecule has 0 aromatic heterocycles. The highest BCUT2D eigenvalue weighted by atomic mass is 35.5. The first-order valence-electron chi connectivity index (χ1n) is 11.0. The number of unbranched alkanes of at least 4 members (excludes halogenated alkanes) is 1. The number of sulfonamides is 1. The second-order valence-electron chi connectivity index (χ2n) is 7.73. The summed E-state index contributed by atoms with van der Waals surface area (Å²) in [5.41, 5.74) is 1.83. The summed E-state index contributed by atoms with van der Waals surface area (Å²) in [4.78, 5) is 12.6. The molecule has 2 aromatic rings. The summed E-state index contributed by atoms with van der Waals surface area (Å²) >= 11 is 6.22. The minimum Gasteiger partial charge on any atom is -0.379 e. The van der Waals surface area contributed by atoms with Gasteiger partial charge in [-0.15, -0.1) is 0 Å². The van der Waals surface area contributed by atoms with Crippen LogP contribution in [0.2, 0.25) is 5.02 Å². The van der Waals surface area contributed by atoms with Crippen molar-refractivity contribution in [3.63, 3.8) is 0 Å². The molecule has 0 spiro atoms. The Balaban J connectivity index is 1.72. The van der Waals surface area contributed by atoms with Gasteiger partial charge in [0.15, 0.2) is 0 Å². The lowest BCUT2D eigenvalue weighted by Gasteiger charge is -2.26. The molecule has 10 heteroatoms. The minimum absolute atomic E-state index is 0.0563. The number of morpholine rings is 1. The fourth-order valence-corrected chi connectivity index (χ4v) is 4.95. The van der Waals surface area contributed by atoms with E-state index in [2.05, 4.69) is 17.6 Å². The molecule has 0 atom stereocenters. The largest absolute Gasteiger partial charge is 0.379 e. The molecule has 2 N–H and O–H groups in total. The fraction of sp³-hybridized carbons (Fsp3) is 0.333. The lowest BCUT2D eigenvalue weighted by atomic mass is 10.1. The number of hydrogen-bond donors (Lipinski definition) is 2. The molecule has 8 nitrogen and oxygen atoms in total. The van der Waals surface area contributed by atoms with Gasteiger partial charge in [-0.25, -0.2) is 8.42 Å². The quantitative estimate of drug-likeness (QED) is 0.393. The van der Waals surface area contributed by atoms with Crippen LogP contribution in [0.25, 0.3) is 0 Å². The average Bonchev–Trinajstić information content (AvgIpc) is 2.85. The number of halogens is 1. The van der Waals surface area contributed by atoms with Crippen molar-refractivity contribution < 1.29 is 17.9 Å². The first kappa shape index (κ1) is 25.7. The highest BCUT2D eigenvalue weighted by Gasteiger charge is 2.26. The van der Waals surface area contributed by atoms with Crippen molar-refractivity contribution in [1.29, 1.82) is 5.26 Å². The molecular weight excluding hydrogens is 476 g/mol. The first-order chi connectivity index (χ1) is 16.3. The molecule has 0 radical (unpaired) electrons. The van der Waals surface area contributed by atoms with Crippen LogP contribution in [0.15, 0.2) is 59.1 Å². The van der Waals surface area contributed by atoms with Gasteiger partial charge >= 0.3 is 0 Å². The van der Waals surface area contributed by atoms with Gasteiger partial charge in [-0.3, -0.25) is 4.79 Å². The number of carbonyl (C=O) groups is 1. The Morgan fingerprint density at radius 1 is 1.21 bits per heavy atom. The van der Waals surface area contributed by atoms with E-state index >= 15 is 0 Å². The molecule has 180 valence electrons. The number of anilines is 2. The fourth-order valence-electron chi connectivity index (χ4n) is 3.34. The third kappa shape index (κ3) is 6.58. The molecule has 1 aliphatic rings. The Morgan fingerprint density at radius 3 is 2.56 bits per heavy atom. The molecule has 3 rings (SSSR count). The SMILES string of the molecule is CCCCc1ccc(NC(=O)/C(C#N)=C\Nc2cc(S(=O)(=O)N3CCOCC3)ccc2Cl)cc1. The summed E-state index contributed by atoms with van der Waals surface area (Å²) in [5.74, 6) is -0.593. The van der Waals surface area contributed by atoms with E-state index in [0.717, 1.165) is 19.3 Å². The number of nitrogens with one attached hydrogen (secondary N) is 2. The third-order valence-corrected chi connectivity index (χ3v) is 7.54. The molecule has 0 aliphatic carbocycles. The van der Waals surface area contributed by atoms with E-state index in [-0.39, 0.29) is 34.3 Å². The number of nitrogens with zero attached hydrogens (tertiary/aromatic N) is 2. The number of aryl methyl sites for hydroxylation is 1. The van der Waals surface area contributed by atoms with Crippen LogP contribution in [0.5, 0.6) is 0 Å². The molecule has 1 heterocycles. The van der Waals surface area contributed by atoms with Gasteiger partial charge in [-0.05, 0) is 48.7 Å². The van der Waals surface area contributed by atoms with E-state index in [1.54, 1.807) is 12.1 Å². The predicted octanol–water partition coefficient (Wildman–Crippen LogP) is 4.16. The third-order valence-electron chi connectivity index (χ3n) is 5.31. The summed E-state index contributed by atoms with van der Waals surface area (Å²) in [6, 6.07) is 13.6. The van der Waals surface area contributed by atoms with E-state index in [0.29, 0.717) is 18.9 Å². The second kappa shape index (κ2) is 12.0. The van der Waals surface area contributed by atoms with Gasteiger partial charge in [-0.1, -0.05) is 37.1 Å². The van der Waals surface area contributed by atoms with E-state index in [9.17, 15) is 18.5 Å². The Hall–Kier alpha value is -2.90. The zero-order valence-electron chi connectivity index (χ0n) is 18.9. The highest BCUT2D eigenvalue weighted by Crippen LogP contribution is 2.27. The van der Waals surface area contributed by atoms with Gasteiger partial charge < -0.3 is 15.4 Å². The second-order valence-corrected chi connectivity index (χ2v) is 10.1. The number of ether oxygens (including phenoxy) is 1. The molecule has 0 saturated carbocycles. The van der Waals surface area contributed by atoms with E-state index in [4.69, 9.17) is 16.3 Å². The molecule has 1 aliphatic heterocycles. The number of amides is 1. The van der Waals surface area contributed by atoms with E-state index < -0.39 is 15.9 Å². The Kier molecular flexibility index (Phi) is 9.07. The van der Waals surface area contributed by atoms with Crippen LogP contribution in [-0.2, 0) is 26.0 Å². The van der Waals surface area contributed by atoms with Crippen molar-refractivity contribution in [3.05, 3.63) is 64.8 Å². The molecule has 2 aromatic carbocycles. The summed E-state index contributed by atoms with van der Waals surface area (Å²) in [5, 5.41) is 15.2. The molecule has 0 bridgehead atoms. The predicted molar refractivity (Wildman–Crippen MR) is 132 cm³/mol. The van der Waals surface area contributed by atoms with Crippen LogP contribution in [0.3, 0.4) is 0 Å². The zero-order valence-corrected chi connectivity index (χ0v) is 20.5. The Bertz CT molecular complexity index is 1180. The van der Waals surface area contributed by atoms with E-state index in [1.807, 2.05) is 18.2 Å². The number of hydrogen-bond acceptors (Lipinski definition) is 6. The first-order valence-corrected chi connectivity index (χ1v) is 12.8. The van der Waals surface area contributed by atoms with Crippen LogP contribution in [0.4, 0.5) is 11.4 Å². The van der Waals surface area contributed by atoms with Crippen molar-refractivity contribution in [2.24, 2.45) is 0 Å². The van der Waals surface area contributed by atoms with Crippen molar-refractivity contribution in [3.8, 4) is 6.07 Å². The van der Waals surface area contributed by atoms with Crippen LogP contribution in [-0.4, -0.2) is 44.9 Å². The average molecular weight is 503 g/mol. The maximum atomic E-state index is 12.9. The number of benzene rings is 2. The van der Waals surface area contributed by atoms with Crippen molar-refractivity contribution in [2.75, 3.05) is 36.9 Å². The monoisotopic (exact) mass is 502 g/mol. The standard InChI is InChI=1S/C24H27ClN4O4S/c1-2-3-4-18-5-7-20(8-6-18)28-24(30)19(16-26)17-27-23-15-21(9-10-22(23)25)34(31,32)29-11-13-33-14-12-29/h5-10,15,17,27H,2-4,11-14H2,1H3,(H,28,30)/b19-17-. The molecule has 0 unspecified atom stereocenters. The van der Waals surface area contributed by atoms with Crippen molar-refractivity contribution in [2.45, 2.75) is 31.1 Å². The van der Waals surface area contributed by atoms with Crippen molar-refractivity contribution in [1.82, 2.24) is 4.31 Å². The normalized spacial score (nSPS) is 14.9. The molecule has 1 saturated heterocycles. The smallest absolute Gasteiger partial charge is 0.267 e. The molecule has 1 fully saturated rings. The summed E-state index contributed by atoms with van der Waals surface area (Å²) in [6.45, 7) is 3.34. The summed E-state index contributed by atoms with van der Waals surface area (Å²) in [6.07, 6.45) is 4.38. The van der Waals surface area contributed by atoms with Crippen LogP contribution in [0, 0.1) is 11.3 Å². The van der Waals surface area contributed by atoms with Gasteiger partial charge in [-0.2, -0.15) is 9.57 Å². The summed E-state index contributed by atoms with van der Waals surface area (Å²) < 4.78 is 32.4. The lowest BCUT2D eigenvalue weighted by molar-refractivity contribution is -0.112. The van der Waals surface area contributed by atoms with Crippen molar-refractivity contribution >= 4 is 38.9 Å². The number of nitriles is 1. The van der Waals surface area contributed by atoms with Gasteiger partial charge in [0.05, 0.1) is 28.8 Å². The van der Waals surface area contributed by atoms with Crippen LogP contribution >= 0.6 is 11.6 Å². The maximum absolute atomic E-state index is 12.9. The lowest BCUT2D eigenvalue weighted by Crippen LogP contribution is -2.40. The zero-order chi connectivity index (χ0) is 24.6. The van der Waals surface area contributed by atoms with Gasteiger partial charge in [0.1, 0.15) is 11.6 Å².